The minimum atomic E-state index is 0.410. The molecule has 23 heavy (non-hydrogen) atoms. The molecule has 0 spiro atoms. The fourth-order valence-corrected chi connectivity index (χ4v) is 3.48. The zero-order chi connectivity index (χ0) is 16.0. The molecule has 0 atom stereocenters. The molecule has 4 heteroatoms. The predicted octanol–water partition coefficient (Wildman–Crippen LogP) is 5.21. The fraction of sp³-hybridized carbons (Fsp3) is 0.105. The van der Waals surface area contributed by atoms with Gasteiger partial charge in [-0.1, -0.05) is 48.0 Å². The lowest BCUT2D eigenvalue weighted by Crippen LogP contribution is -1.95. The Morgan fingerprint density at radius 1 is 0.783 bits per heavy atom. The number of hydrogen-bond acceptors (Lipinski definition) is 3. The summed E-state index contributed by atoms with van der Waals surface area (Å²) >= 11 is 6.34. The number of halogens is 1. The average Bonchev–Trinajstić information content (AvgIpc) is 2.60. The second kappa shape index (κ2) is 5.28. The molecule has 0 saturated heterocycles. The summed E-state index contributed by atoms with van der Waals surface area (Å²) in [6.07, 6.45) is 1.71. The van der Waals surface area contributed by atoms with Crippen molar-refractivity contribution in [2.24, 2.45) is 0 Å². The van der Waals surface area contributed by atoms with Crippen molar-refractivity contribution < 1.29 is 9.47 Å². The van der Waals surface area contributed by atoms with E-state index in [-0.39, 0.29) is 0 Å². The summed E-state index contributed by atoms with van der Waals surface area (Å²) in [7, 11) is 3.27. The van der Waals surface area contributed by atoms with Gasteiger partial charge in [0, 0.05) is 11.6 Å². The molecule has 0 bridgehead atoms. The smallest absolute Gasteiger partial charge is 0.172 e. The van der Waals surface area contributed by atoms with E-state index in [1.807, 2.05) is 18.2 Å². The molecule has 0 aliphatic heterocycles. The van der Waals surface area contributed by atoms with E-state index >= 15 is 0 Å². The SMILES string of the molecule is COc1c(OC)c2c3ccccc3ccc2c2ccnc(Cl)c12. The highest BCUT2D eigenvalue weighted by Gasteiger charge is 2.20. The lowest BCUT2D eigenvalue weighted by atomic mass is 9.96. The molecular weight excluding hydrogens is 310 g/mol. The highest BCUT2D eigenvalue weighted by atomic mass is 35.5. The van der Waals surface area contributed by atoms with Crippen LogP contribution in [0, 0.1) is 0 Å². The van der Waals surface area contributed by atoms with Crippen molar-refractivity contribution in [2.45, 2.75) is 0 Å². The first-order valence-corrected chi connectivity index (χ1v) is 7.63. The molecule has 4 aromatic rings. The second-order valence-corrected chi connectivity index (χ2v) is 5.66. The third-order valence-electron chi connectivity index (χ3n) is 4.19. The van der Waals surface area contributed by atoms with Gasteiger partial charge in [0.1, 0.15) is 5.15 Å². The normalized spacial score (nSPS) is 11.3. The van der Waals surface area contributed by atoms with Gasteiger partial charge >= 0.3 is 0 Å². The molecule has 0 N–H and O–H groups in total. The van der Waals surface area contributed by atoms with Crippen molar-refractivity contribution >= 4 is 43.9 Å². The van der Waals surface area contributed by atoms with Crippen LogP contribution in [0.25, 0.3) is 32.3 Å². The second-order valence-electron chi connectivity index (χ2n) is 5.30. The molecule has 0 unspecified atom stereocenters. The molecule has 3 aromatic carbocycles. The van der Waals surface area contributed by atoms with Gasteiger partial charge in [-0.15, -0.1) is 0 Å². The number of rotatable bonds is 2. The number of benzene rings is 3. The quantitative estimate of drug-likeness (QED) is 0.375. The zero-order valence-corrected chi connectivity index (χ0v) is 13.5. The molecular formula is C19H14ClNO2. The number of aromatic nitrogens is 1. The van der Waals surface area contributed by atoms with Crippen LogP contribution < -0.4 is 9.47 Å². The molecule has 0 aliphatic carbocycles. The highest BCUT2D eigenvalue weighted by molar-refractivity contribution is 6.37. The Bertz CT molecular complexity index is 1060. The lowest BCUT2D eigenvalue weighted by Gasteiger charge is -2.17. The van der Waals surface area contributed by atoms with Crippen LogP contribution in [0.4, 0.5) is 0 Å². The summed E-state index contributed by atoms with van der Waals surface area (Å²) in [6.45, 7) is 0. The van der Waals surface area contributed by atoms with E-state index in [0.717, 1.165) is 32.3 Å². The number of nitrogens with zero attached hydrogens (tertiary/aromatic N) is 1. The lowest BCUT2D eigenvalue weighted by molar-refractivity contribution is 0.362. The first kappa shape index (κ1) is 14.1. The third-order valence-corrected chi connectivity index (χ3v) is 4.48. The van der Waals surface area contributed by atoms with Crippen molar-refractivity contribution in [1.29, 1.82) is 0 Å². The first-order chi connectivity index (χ1) is 11.3. The number of pyridine rings is 1. The monoisotopic (exact) mass is 323 g/mol. The molecule has 3 nitrogen and oxygen atoms in total. The van der Waals surface area contributed by atoms with Gasteiger partial charge < -0.3 is 9.47 Å². The Balaban J connectivity index is 2.38. The largest absolute Gasteiger partial charge is 0.492 e. The van der Waals surface area contributed by atoms with Gasteiger partial charge in [-0.3, -0.25) is 0 Å². The molecule has 1 aromatic heterocycles. The number of ether oxygens (including phenoxy) is 2. The maximum atomic E-state index is 6.34. The molecule has 0 amide bonds. The molecule has 0 saturated carbocycles. The summed E-state index contributed by atoms with van der Waals surface area (Å²) in [5, 5.41) is 6.56. The molecule has 0 fully saturated rings. The van der Waals surface area contributed by atoms with E-state index in [9.17, 15) is 0 Å². The van der Waals surface area contributed by atoms with Crippen LogP contribution in [0.3, 0.4) is 0 Å². The van der Waals surface area contributed by atoms with E-state index in [2.05, 4.69) is 29.2 Å². The van der Waals surface area contributed by atoms with E-state index in [4.69, 9.17) is 21.1 Å². The van der Waals surface area contributed by atoms with Crippen molar-refractivity contribution in [1.82, 2.24) is 4.98 Å². The highest BCUT2D eigenvalue weighted by Crippen LogP contribution is 2.47. The van der Waals surface area contributed by atoms with Crippen molar-refractivity contribution in [3.8, 4) is 11.5 Å². The fourth-order valence-electron chi connectivity index (χ4n) is 3.23. The predicted molar refractivity (Wildman–Crippen MR) is 94.9 cm³/mol. The van der Waals surface area contributed by atoms with Crippen LogP contribution in [0.5, 0.6) is 11.5 Å². The summed E-state index contributed by atoms with van der Waals surface area (Å²) < 4.78 is 11.3. The van der Waals surface area contributed by atoms with Crippen LogP contribution in [0.15, 0.2) is 48.7 Å². The minimum Gasteiger partial charge on any atom is -0.492 e. The Hall–Kier alpha value is -2.52. The minimum absolute atomic E-state index is 0.410. The molecule has 1 heterocycles. The van der Waals surface area contributed by atoms with Gasteiger partial charge in [-0.05, 0) is 27.6 Å². The van der Waals surface area contributed by atoms with E-state index < -0.39 is 0 Å². The number of methoxy groups -OCH3 is 2. The van der Waals surface area contributed by atoms with Gasteiger partial charge in [-0.25, -0.2) is 4.98 Å². The maximum absolute atomic E-state index is 6.34. The van der Waals surface area contributed by atoms with Crippen LogP contribution in [0.2, 0.25) is 5.15 Å². The standard InChI is InChI=1S/C19H14ClNO2/c1-22-17-15-12-6-4-3-5-11(12)7-8-13(15)14-9-10-21-19(20)16(14)18(17)23-2/h3-10H,1-2H3. The van der Waals surface area contributed by atoms with Crippen molar-refractivity contribution in [3.05, 3.63) is 53.8 Å². The van der Waals surface area contributed by atoms with Gasteiger partial charge in [-0.2, -0.15) is 0 Å². The Morgan fingerprint density at radius 3 is 2.26 bits per heavy atom. The van der Waals surface area contributed by atoms with Gasteiger partial charge in [0.05, 0.1) is 19.6 Å². The third kappa shape index (κ3) is 1.93. The van der Waals surface area contributed by atoms with Gasteiger partial charge in [0.2, 0.25) is 0 Å². The summed E-state index contributed by atoms with van der Waals surface area (Å²) in [5.41, 5.74) is 0. The number of hydrogen-bond donors (Lipinski definition) is 0. The Labute approximate surface area is 138 Å². The maximum Gasteiger partial charge on any atom is 0.172 e. The van der Waals surface area contributed by atoms with Gasteiger partial charge in [0.25, 0.3) is 0 Å². The topological polar surface area (TPSA) is 31.4 Å². The van der Waals surface area contributed by atoms with E-state index in [1.54, 1.807) is 20.4 Å². The van der Waals surface area contributed by atoms with E-state index in [0.29, 0.717) is 16.7 Å². The zero-order valence-electron chi connectivity index (χ0n) is 12.8. The van der Waals surface area contributed by atoms with Crippen LogP contribution in [-0.2, 0) is 0 Å². The molecule has 0 radical (unpaired) electrons. The summed E-state index contributed by atoms with van der Waals surface area (Å²) in [6, 6.07) is 14.4. The van der Waals surface area contributed by atoms with Crippen molar-refractivity contribution in [3.63, 3.8) is 0 Å². The molecule has 0 aliphatic rings. The molecule has 4 rings (SSSR count). The Kier molecular flexibility index (Phi) is 3.24. The van der Waals surface area contributed by atoms with E-state index in [1.165, 1.54) is 0 Å². The van der Waals surface area contributed by atoms with Crippen LogP contribution in [0.1, 0.15) is 0 Å². The van der Waals surface area contributed by atoms with Gasteiger partial charge in [0.15, 0.2) is 11.5 Å². The van der Waals surface area contributed by atoms with Crippen LogP contribution >= 0.6 is 11.6 Å². The van der Waals surface area contributed by atoms with Crippen molar-refractivity contribution in [2.75, 3.05) is 14.2 Å². The molecule has 114 valence electrons. The summed E-state index contributed by atoms with van der Waals surface area (Å²) in [4.78, 5) is 4.19. The Morgan fingerprint density at radius 2 is 1.48 bits per heavy atom. The van der Waals surface area contributed by atoms with Crippen LogP contribution in [-0.4, -0.2) is 19.2 Å². The first-order valence-electron chi connectivity index (χ1n) is 7.26. The average molecular weight is 324 g/mol. The summed E-state index contributed by atoms with van der Waals surface area (Å²) in [5.74, 6) is 1.30. The number of fused-ring (bicyclic) bond motifs is 5.